The third kappa shape index (κ3) is 2.27. The number of rotatable bonds is 3. The molecule has 94 valence electrons. The van der Waals surface area contributed by atoms with E-state index in [2.05, 4.69) is 18.8 Å². The van der Waals surface area contributed by atoms with Gasteiger partial charge in [0.1, 0.15) is 5.82 Å². The number of benzene rings is 1. The zero-order chi connectivity index (χ0) is 13.3. The number of imidazole rings is 1. The Balaban J connectivity index is 2.64. The lowest BCUT2D eigenvalue weighted by molar-refractivity contribution is -0.131. The van der Waals surface area contributed by atoms with Crippen molar-refractivity contribution in [1.29, 1.82) is 0 Å². The molecule has 0 fully saturated rings. The predicted molar refractivity (Wildman–Crippen MR) is 71.5 cm³/mol. The number of carboxylic acids is 1. The highest BCUT2D eigenvalue weighted by Gasteiger charge is 2.11. The number of nitrogens with zero attached hydrogens (tertiary/aromatic N) is 2. The normalized spacial score (nSPS) is 11.8. The Morgan fingerprint density at radius 3 is 2.78 bits per heavy atom. The van der Waals surface area contributed by atoms with Gasteiger partial charge in [-0.25, -0.2) is 9.78 Å². The smallest absolute Gasteiger partial charge is 0.328 e. The lowest BCUT2D eigenvalue weighted by Gasteiger charge is -2.10. The summed E-state index contributed by atoms with van der Waals surface area (Å²) < 4.78 is 2.04. The minimum atomic E-state index is -0.964. The van der Waals surface area contributed by atoms with Crippen LogP contribution < -0.4 is 0 Å². The predicted octanol–water partition coefficient (Wildman–Crippen LogP) is 3.02. The molecule has 0 aliphatic rings. The van der Waals surface area contributed by atoms with E-state index in [9.17, 15) is 4.79 Å². The molecule has 0 spiro atoms. The molecule has 1 aromatic heterocycles. The summed E-state index contributed by atoms with van der Waals surface area (Å²) in [6, 6.07) is 6.29. The van der Waals surface area contributed by atoms with Crippen molar-refractivity contribution in [3.8, 4) is 0 Å². The third-order valence-corrected chi connectivity index (χ3v) is 2.76. The van der Waals surface area contributed by atoms with E-state index in [1.165, 1.54) is 6.08 Å². The zero-order valence-corrected chi connectivity index (χ0v) is 10.7. The standard InChI is InChI=1S/C14H16N2O2/c1-9(2)16-12-5-4-10(3)8-11(12)15-13(16)6-7-14(17)18/h4-9H,1-3H3,(H,17,18)/b7-6+. The first-order valence-electron chi connectivity index (χ1n) is 5.88. The SMILES string of the molecule is Cc1ccc2c(c1)nc(/C=C/C(=O)O)n2C(C)C. The van der Waals surface area contributed by atoms with E-state index in [1.54, 1.807) is 0 Å². The highest BCUT2D eigenvalue weighted by Crippen LogP contribution is 2.22. The second-order valence-electron chi connectivity index (χ2n) is 4.60. The maximum atomic E-state index is 10.6. The molecule has 0 amide bonds. The summed E-state index contributed by atoms with van der Waals surface area (Å²) in [5.41, 5.74) is 3.07. The van der Waals surface area contributed by atoms with Crippen LogP contribution in [0.15, 0.2) is 24.3 Å². The Bertz CT molecular complexity index is 624. The molecule has 18 heavy (non-hydrogen) atoms. The first kappa shape index (κ1) is 12.4. The molecule has 2 aromatic rings. The summed E-state index contributed by atoms with van der Waals surface area (Å²) in [4.78, 5) is 15.1. The molecule has 4 nitrogen and oxygen atoms in total. The molecule has 0 aliphatic carbocycles. The van der Waals surface area contributed by atoms with Gasteiger partial charge < -0.3 is 9.67 Å². The second-order valence-corrected chi connectivity index (χ2v) is 4.60. The van der Waals surface area contributed by atoms with E-state index in [0.717, 1.165) is 22.7 Å². The van der Waals surface area contributed by atoms with Gasteiger partial charge in [-0.15, -0.1) is 0 Å². The Labute approximate surface area is 106 Å². The van der Waals surface area contributed by atoms with Gasteiger partial charge in [0.05, 0.1) is 11.0 Å². The van der Waals surface area contributed by atoms with E-state index >= 15 is 0 Å². The summed E-state index contributed by atoms with van der Waals surface area (Å²) in [6.45, 7) is 6.12. The molecule has 0 saturated carbocycles. The van der Waals surface area contributed by atoms with Crippen molar-refractivity contribution in [2.24, 2.45) is 0 Å². The quantitative estimate of drug-likeness (QED) is 0.844. The number of fused-ring (bicyclic) bond motifs is 1. The van der Waals surface area contributed by atoms with Gasteiger partial charge in [-0.2, -0.15) is 0 Å². The summed E-state index contributed by atoms with van der Waals surface area (Å²) in [6.07, 6.45) is 2.66. The summed E-state index contributed by atoms with van der Waals surface area (Å²) in [5.74, 6) is -0.290. The molecule has 0 aliphatic heterocycles. The maximum Gasteiger partial charge on any atom is 0.328 e. The van der Waals surface area contributed by atoms with Crippen LogP contribution in [-0.2, 0) is 4.79 Å². The van der Waals surface area contributed by atoms with E-state index in [1.807, 2.05) is 29.7 Å². The number of hydrogen-bond donors (Lipinski definition) is 1. The largest absolute Gasteiger partial charge is 0.478 e. The van der Waals surface area contributed by atoms with Crippen molar-refractivity contribution in [3.05, 3.63) is 35.7 Å². The van der Waals surface area contributed by atoms with Gasteiger partial charge in [0.15, 0.2) is 0 Å². The molecular weight excluding hydrogens is 228 g/mol. The topological polar surface area (TPSA) is 55.1 Å². The number of aryl methyl sites for hydroxylation is 1. The van der Waals surface area contributed by atoms with Crippen LogP contribution in [-0.4, -0.2) is 20.6 Å². The highest BCUT2D eigenvalue weighted by atomic mass is 16.4. The van der Waals surface area contributed by atoms with Gasteiger partial charge in [-0.05, 0) is 44.5 Å². The summed E-state index contributed by atoms with van der Waals surface area (Å²) >= 11 is 0. The minimum Gasteiger partial charge on any atom is -0.478 e. The summed E-state index contributed by atoms with van der Waals surface area (Å²) in [7, 11) is 0. The molecule has 0 radical (unpaired) electrons. The third-order valence-electron chi connectivity index (χ3n) is 2.76. The highest BCUT2D eigenvalue weighted by molar-refractivity contribution is 5.86. The Hall–Kier alpha value is -2.10. The van der Waals surface area contributed by atoms with Crippen molar-refractivity contribution in [2.45, 2.75) is 26.8 Å². The Morgan fingerprint density at radius 1 is 1.44 bits per heavy atom. The average Bonchev–Trinajstić information content (AvgIpc) is 2.63. The van der Waals surface area contributed by atoms with Crippen molar-refractivity contribution < 1.29 is 9.90 Å². The fourth-order valence-electron chi connectivity index (χ4n) is 2.03. The van der Waals surface area contributed by atoms with E-state index in [4.69, 9.17) is 5.11 Å². The van der Waals surface area contributed by atoms with Crippen LogP contribution in [0.2, 0.25) is 0 Å². The van der Waals surface area contributed by atoms with Crippen molar-refractivity contribution >= 4 is 23.1 Å². The zero-order valence-electron chi connectivity index (χ0n) is 10.7. The molecule has 1 heterocycles. The molecule has 4 heteroatoms. The maximum absolute atomic E-state index is 10.6. The van der Waals surface area contributed by atoms with Gasteiger partial charge in [0.25, 0.3) is 0 Å². The monoisotopic (exact) mass is 244 g/mol. The minimum absolute atomic E-state index is 0.228. The van der Waals surface area contributed by atoms with E-state index in [0.29, 0.717) is 5.82 Å². The number of aliphatic carboxylic acids is 1. The van der Waals surface area contributed by atoms with E-state index in [-0.39, 0.29) is 6.04 Å². The molecule has 0 bridgehead atoms. The molecule has 2 rings (SSSR count). The number of aromatic nitrogens is 2. The van der Waals surface area contributed by atoms with Crippen LogP contribution >= 0.6 is 0 Å². The van der Waals surface area contributed by atoms with E-state index < -0.39 is 5.97 Å². The van der Waals surface area contributed by atoms with Crippen LogP contribution in [0.25, 0.3) is 17.1 Å². The van der Waals surface area contributed by atoms with Crippen molar-refractivity contribution in [2.75, 3.05) is 0 Å². The van der Waals surface area contributed by atoms with Crippen LogP contribution in [0.5, 0.6) is 0 Å². The fraction of sp³-hybridized carbons (Fsp3) is 0.286. The van der Waals surface area contributed by atoms with Crippen LogP contribution in [0.4, 0.5) is 0 Å². The second kappa shape index (κ2) is 4.64. The first-order chi connectivity index (χ1) is 8.49. The number of carboxylic acid groups (broad SMARTS) is 1. The van der Waals surface area contributed by atoms with Crippen molar-refractivity contribution in [3.63, 3.8) is 0 Å². The van der Waals surface area contributed by atoms with Gasteiger partial charge in [-0.3, -0.25) is 0 Å². The molecule has 0 unspecified atom stereocenters. The summed E-state index contributed by atoms with van der Waals surface area (Å²) in [5, 5.41) is 8.70. The van der Waals surface area contributed by atoms with Gasteiger partial charge in [-0.1, -0.05) is 6.07 Å². The number of hydrogen-bond acceptors (Lipinski definition) is 2. The van der Waals surface area contributed by atoms with Crippen LogP contribution in [0.1, 0.15) is 31.3 Å². The molecule has 0 atom stereocenters. The first-order valence-corrected chi connectivity index (χ1v) is 5.88. The molecular formula is C14H16N2O2. The molecule has 0 saturated heterocycles. The van der Waals surface area contributed by atoms with Gasteiger partial charge in [0, 0.05) is 12.1 Å². The van der Waals surface area contributed by atoms with Crippen LogP contribution in [0, 0.1) is 6.92 Å². The lowest BCUT2D eigenvalue weighted by Crippen LogP contribution is -2.03. The number of carbonyl (C=O) groups is 1. The van der Waals surface area contributed by atoms with Gasteiger partial charge in [0.2, 0.25) is 0 Å². The van der Waals surface area contributed by atoms with Crippen molar-refractivity contribution in [1.82, 2.24) is 9.55 Å². The Kier molecular flexibility index (Phi) is 3.19. The lowest BCUT2D eigenvalue weighted by atomic mass is 10.2. The molecule has 1 aromatic carbocycles. The van der Waals surface area contributed by atoms with Crippen LogP contribution in [0.3, 0.4) is 0 Å². The average molecular weight is 244 g/mol. The fourth-order valence-corrected chi connectivity index (χ4v) is 2.03. The molecule has 1 N–H and O–H groups in total. The Morgan fingerprint density at radius 2 is 2.17 bits per heavy atom. The van der Waals surface area contributed by atoms with Gasteiger partial charge >= 0.3 is 5.97 Å².